The fourth-order valence-electron chi connectivity index (χ4n) is 1.16. The first-order valence-corrected chi connectivity index (χ1v) is 4.42. The molecule has 0 aliphatic heterocycles. The van der Waals surface area contributed by atoms with E-state index in [0.29, 0.717) is 5.95 Å². The summed E-state index contributed by atoms with van der Waals surface area (Å²) in [4.78, 5) is 12.4. The van der Waals surface area contributed by atoms with Gasteiger partial charge in [-0.05, 0) is 24.3 Å². The minimum atomic E-state index is -0.953. The van der Waals surface area contributed by atoms with Crippen molar-refractivity contribution in [1.82, 2.24) is 20.2 Å². The van der Waals surface area contributed by atoms with E-state index in [0.717, 1.165) is 13.1 Å². The zero-order valence-electron chi connectivity index (χ0n) is 8.21. The molecule has 0 saturated carbocycles. The number of nitrogens with zero attached hydrogens (tertiary/aromatic N) is 5. The van der Waals surface area contributed by atoms with Crippen molar-refractivity contribution >= 4 is 11.9 Å². The monoisotopic (exact) mass is 199 g/mol. The second-order valence-electron chi connectivity index (χ2n) is 2.70. The molecule has 0 radical (unpaired) electrons. The molecule has 0 saturated heterocycles. The van der Waals surface area contributed by atoms with Gasteiger partial charge in [-0.1, -0.05) is 5.10 Å². The van der Waals surface area contributed by atoms with Gasteiger partial charge in [0.2, 0.25) is 5.95 Å². The number of hydrogen-bond donors (Lipinski definition) is 1. The minimum Gasteiger partial charge on any atom is -0.480 e. The van der Waals surface area contributed by atoms with Crippen LogP contribution in [0, 0.1) is 0 Å². The number of carboxylic acid groups (broad SMARTS) is 1. The fraction of sp³-hybridized carbons (Fsp3) is 0.714. The maximum Gasteiger partial charge on any atom is 0.325 e. The maximum atomic E-state index is 10.5. The molecule has 0 aliphatic rings. The summed E-state index contributed by atoms with van der Waals surface area (Å²) < 4.78 is 1.27. The first kappa shape index (κ1) is 10.4. The predicted molar refractivity (Wildman–Crippen MR) is 49.0 cm³/mol. The van der Waals surface area contributed by atoms with Crippen LogP contribution in [0.5, 0.6) is 0 Å². The zero-order valence-corrected chi connectivity index (χ0v) is 8.21. The summed E-state index contributed by atoms with van der Waals surface area (Å²) >= 11 is 0. The molecule has 78 valence electrons. The SMILES string of the molecule is CCN(CC)c1nnnn1CC(=O)O. The second kappa shape index (κ2) is 4.54. The molecule has 1 N–H and O–H groups in total. The van der Waals surface area contributed by atoms with Crippen molar-refractivity contribution in [1.29, 1.82) is 0 Å². The van der Waals surface area contributed by atoms with Crippen LogP contribution in [-0.2, 0) is 11.3 Å². The zero-order chi connectivity index (χ0) is 10.6. The van der Waals surface area contributed by atoms with Gasteiger partial charge in [-0.3, -0.25) is 4.79 Å². The number of aromatic nitrogens is 4. The number of carbonyl (C=O) groups is 1. The molecule has 1 aromatic heterocycles. The van der Waals surface area contributed by atoms with Crippen molar-refractivity contribution in [3.05, 3.63) is 0 Å². The Hall–Kier alpha value is -1.66. The molecule has 14 heavy (non-hydrogen) atoms. The Morgan fingerprint density at radius 3 is 2.64 bits per heavy atom. The van der Waals surface area contributed by atoms with E-state index in [4.69, 9.17) is 5.11 Å². The minimum absolute atomic E-state index is 0.209. The van der Waals surface area contributed by atoms with E-state index in [1.165, 1.54) is 4.68 Å². The second-order valence-corrected chi connectivity index (χ2v) is 2.70. The fourth-order valence-corrected chi connectivity index (χ4v) is 1.16. The van der Waals surface area contributed by atoms with E-state index in [1.54, 1.807) is 0 Å². The number of tetrazole rings is 1. The molecular weight excluding hydrogens is 186 g/mol. The van der Waals surface area contributed by atoms with Gasteiger partial charge in [0.05, 0.1) is 0 Å². The van der Waals surface area contributed by atoms with Gasteiger partial charge in [0, 0.05) is 13.1 Å². The molecule has 1 heterocycles. The summed E-state index contributed by atoms with van der Waals surface area (Å²) in [6.07, 6.45) is 0. The van der Waals surface area contributed by atoms with Crippen molar-refractivity contribution in [3.63, 3.8) is 0 Å². The molecule has 0 amide bonds. The highest BCUT2D eigenvalue weighted by molar-refractivity contribution is 5.66. The van der Waals surface area contributed by atoms with Crippen molar-refractivity contribution in [2.45, 2.75) is 20.4 Å². The van der Waals surface area contributed by atoms with Crippen LogP contribution in [0.1, 0.15) is 13.8 Å². The third-order valence-corrected chi connectivity index (χ3v) is 1.84. The predicted octanol–water partition coefficient (Wildman–Crippen LogP) is -0.396. The van der Waals surface area contributed by atoms with Crippen molar-refractivity contribution in [2.75, 3.05) is 18.0 Å². The molecule has 1 rings (SSSR count). The lowest BCUT2D eigenvalue weighted by Gasteiger charge is -2.17. The Balaban J connectivity index is 2.85. The summed E-state index contributed by atoms with van der Waals surface area (Å²) in [6, 6.07) is 0. The van der Waals surface area contributed by atoms with E-state index >= 15 is 0 Å². The molecule has 7 nitrogen and oxygen atoms in total. The Bertz CT molecular complexity index is 307. The lowest BCUT2D eigenvalue weighted by Crippen LogP contribution is -2.27. The molecule has 0 spiro atoms. The average Bonchev–Trinajstić information content (AvgIpc) is 2.55. The van der Waals surface area contributed by atoms with Crippen LogP contribution in [0.25, 0.3) is 0 Å². The molecule has 0 bridgehead atoms. The van der Waals surface area contributed by atoms with Gasteiger partial charge in [-0.25, -0.2) is 4.68 Å². The highest BCUT2D eigenvalue weighted by Gasteiger charge is 2.13. The number of hydrogen-bond acceptors (Lipinski definition) is 5. The molecule has 0 aromatic carbocycles. The van der Waals surface area contributed by atoms with Crippen LogP contribution in [0.2, 0.25) is 0 Å². The van der Waals surface area contributed by atoms with Gasteiger partial charge >= 0.3 is 5.97 Å². The molecular formula is C7H13N5O2. The van der Waals surface area contributed by atoms with Gasteiger partial charge in [-0.15, -0.1) is 0 Å². The van der Waals surface area contributed by atoms with Gasteiger partial charge in [-0.2, -0.15) is 0 Å². The van der Waals surface area contributed by atoms with E-state index in [2.05, 4.69) is 15.5 Å². The third kappa shape index (κ3) is 2.18. The number of rotatable bonds is 5. The molecule has 0 aliphatic carbocycles. The molecule has 0 atom stereocenters. The molecule has 0 fully saturated rings. The topological polar surface area (TPSA) is 84.1 Å². The first-order chi connectivity index (χ1) is 6.69. The van der Waals surface area contributed by atoms with Crippen LogP contribution in [-0.4, -0.2) is 44.4 Å². The Kier molecular flexibility index (Phi) is 3.38. The highest BCUT2D eigenvalue weighted by Crippen LogP contribution is 2.06. The van der Waals surface area contributed by atoms with Gasteiger partial charge in [0.1, 0.15) is 6.54 Å². The van der Waals surface area contributed by atoms with Crippen LogP contribution in [0.15, 0.2) is 0 Å². The van der Waals surface area contributed by atoms with Gasteiger partial charge in [0.25, 0.3) is 0 Å². The third-order valence-electron chi connectivity index (χ3n) is 1.84. The lowest BCUT2D eigenvalue weighted by molar-refractivity contribution is -0.137. The Morgan fingerprint density at radius 2 is 2.14 bits per heavy atom. The Labute approximate surface area is 81.3 Å². The quantitative estimate of drug-likeness (QED) is 0.694. The van der Waals surface area contributed by atoms with Crippen molar-refractivity contribution in [2.24, 2.45) is 0 Å². The van der Waals surface area contributed by atoms with Crippen molar-refractivity contribution < 1.29 is 9.90 Å². The molecule has 1 aromatic rings. The summed E-state index contributed by atoms with van der Waals surface area (Å²) in [5, 5.41) is 19.4. The van der Waals surface area contributed by atoms with E-state index in [-0.39, 0.29) is 6.54 Å². The summed E-state index contributed by atoms with van der Waals surface area (Å²) in [5.74, 6) is -0.455. The van der Waals surface area contributed by atoms with Crippen molar-refractivity contribution in [3.8, 4) is 0 Å². The number of carboxylic acids is 1. The summed E-state index contributed by atoms with van der Waals surface area (Å²) in [6.45, 7) is 5.21. The van der Waals surface area contributed by atoms with Gasteiger partial charge in [0.15, 0.2) is 0 Å². The van der Waals surface area contributed by atoms with E-state index in [9.17, 15) is 4.79 Å². The number of aliphatic carboxylic acids is 1. The maximum absolute atomic E-state index is 10.5. The summed E-state index contributed by atoms with van der Waals surface area (Å²) in [5.41, 5.74) is 0. The van der Waals surface area contributed by atoms with E-state index < -0.39 is 5.97 Å². The Morgan fingerprint density at radius 1 is 1.50 bits per heavy atom. The molecule has 0 unspecified atom stereocenters. The number of anilines is 1. The molecule has 7 heteroatoms. The average molecular weight is 199 g/mol. The van der Waals surface area contributed by atoms with Crippen LogP contribution in [0.4, 0.5) is 5.95 Å². The van der Waals surface area contributed by atoms with E-state index in [1.807, 2.05) is 18.7 Å². The largest absolute Gasteiger partial charge is 0.480 e. The lowest BCUT2D eigenvalue weighted by atomic mass is 10.5. The smallest absolute Gasteiger partial charge is 0.325 e. The van der Waals surface area contributed by atoms with Gasteiger partial charge < -0.3 is 10.0 Å². The van der Waals surface area contributed by atoms with Crippen LogP contribution < -0.4 is 4.90 Å². The standard InChI is InChI=1S/C7H13N5O2/c1-3-11(4-2)7-8-9-10-12(7)5-6(13)14/h3-5H2,1-2H3,(H,13,14). The normalized spacial score (nSPS) is 10.1. The first-order valence-electron chi connectivity index (χ1n) is 4.42. The van der Waals surface area contributed by atoms with Crippen LogP contribution in [0.3, 0.4) is 0 Å². The summed E-state index contributed by atoms with van der Waals surface area (Å²) in [7, 11) is 0. The van der Waals surface area contributed by atoms with Crippen LogP contribution >= 0.6 is 0 Å². The highest BCUT2D eigenvalue weighted by atomic mass is 16.4.